The van der Waals surface area contributed by atoms with Crippen molar-refractivity contribution in [1.29, 1.82) is 0 Å². The van der Waals surface area contributed by atoms with Gasteiger partial charge < -0.3 is 15.0 Å². The van der Waals surface area contributed by atoms with Crippen LogP contribution in [0.15, 0.2) is 53.4 Å². The summed E-state index contributed by atoms with van der Waals surface area (Å²) in [6, 6.07) is 13.9. The molecule has 0 spiro atoms. The number of ether oxygens (including phenoxy) is 1. The number of morpholine rings is 1. The van der Waals surface area contributed by atoms with Crippen LogP contribution >= 0.6 is 0 Å². The van der Waals surface area contributed by atoms with Crippen molar-refractivity contribution < 1.29 is 18.1 Å². The average Bonchev–Trinajstić information content (AvgIpc) is 2.80. The minimum Gasteiger partial charge on any atom is -0.379 e. The number of benzene rings is 2. The summed E-state index contributed by atoms with van der Waals surface area (Å²) in [6.45, 7) is 3.95. The van der Waals surface area contributed by atoms with Gasteiger partial charge in [-0.05, 0) is 31.8 Å². The molecule has 1 unspecified atom stereocenters. The standard InChI is InChI=1S/C22H31N5O5S/c1-25(2)11-10-24-33(30,31)19-8-9-20(21(16-19)27(28)29)23-17-22(18-6-4-3-5-7-18)26-12-14-32-15-13-26/h3-9,16,22-24H,10-15,17H2,1-2H3. The molecule has 2 aromatic carbocycles. The summed E-state index contributed by atoms with van der Waals surface area (Å²) in [4.78, 5) is 15.2. The highest BCUT2D eigenvalue weighted by atomic mass is 32.2. The summed E-state index contributed by atoms with van der Waals surface area (Å²) in [6.07, 6.45) is 0. The first-order valence-corrected chi connectivity index (χ1v) is 12.3. The minimum absolute atomic E-state index is 0.00851. The molecule has 0 amide bonds. The van der Waals surface area contributed by atoms with Crippen LogP contribution in [0.3, 0.4) is 0 Å². The first-order chi connectivity index (χ1) is 15.8. The molecule has 3 rings (SSSR count). The van der Waals surface area contributed by atoms with Crippen molar-refractivity contribution in [3.05, 3.63) is 64.2 Å². The molecule has 1 atom stereocenters. The molecule has 11 heteroatoms. The van der Waals surface area contributed by atoms with Gasteiger partial charge in [0, 0.05) is 38.8 Å². The smallest absolute Gasteiger partial charge is 0.293 e. The molecule has 0 bridgehead atoms. The Morgan fingerprint density at radius 2 is 1.85 bits per heavy atom. The van der Waals surface area contributed by atoms with E-state index < -0.39 is 14.9 Å². The van der Waals surface area contributed by atoms with E-state index in [9.17, 15) is 18.5 Å². The highest BCUT2D eigenvalue weighted by Crippen LogP contribution is 2.29. The monoisotopic (exact) mass is 477 g/mol. The zero-order valence-electron chi connectivity index (χ0n) is 18.9. The van der Waals surface area contributed by atoms with Crippen molar-refractivity contribution in [1.82, 2.24) is 14.5 Å². The van der Waals surface area contributed by atoms with Crippen molar-refractivity contribution in [3.8, 4) is 0 Å². The fourth-order valence-corrected chi connectivity index (χ4v) is 4.74. The molecule has 33 heavy (non-hydrogen) atoms. The number of nitrogens with zero attached hydrogens (tertiary/aromatic N) is 3. The van der Waals surface area contributed by atoms with Crippen molar-refractivity contribution in [2.45, 2.75) is 10.9 Å². The first-order valence-electron chi connectivity index (χ1n) is 10.8. The Morgan fingerprint density at radius 3 is 2.48 bits per heavy atom. The fraction of sp³-hybridized carbons (Fsp3) is 0.455. The van der Waals surface area contributed by atoms with E-state index >= 15 is 0 Å². The van der Waals surface area contributed by atoms with Crippen LogP contribution in [-0.4, -0.2) is 83.2 Å². The van der Waals surface area contributed by atoms with Gasteiger partial charge >= 0.3 is 0 Å². The fourth-order valence-electron chi connectivity index (χ4n) is 3.69. The molecule has 0 saturated carbocycles. The van der Waals surface area contributed by atoms with Gasteiger partial charge in [-0.15, -0.1) is 0 Å². The number of nitrogens with one attached hydrogen (secondary N) is 2. The van der Waals surface area contributed by atoms with Crippen molar-refractivity contribution >= 4 is 21.4 Å². The number of sulfonamides is 1. The van der Waals surface area contributed by atoms with Crippen LogP contribution in [0.1, 0.15) is 11.6 Å². The van der Waals surface area contributed by atoms with E-state index in [2.05, 4.69) is 14.9 Å². The molecule has 180 valence electrons. The van der Waals surface area contributed by atoms with Gasteiger partial charge in [0.05, 0.1) is 29.1 Å². The maximum Gasteiger partial charge on any atom is 0.293 e. The molecule has 1 heterocycles. The SMILES string of the molecule is CN(C)CCNS(=O)(=O)c1ccc(NCC(c2ccccc2)N2CCOCC2)c([N+](=O)[O-])c1. The molecule has 2 aromatic rings. The Labute approximate surface area is 194 Å². The van der Waals surface area contributed by atoms with E-state index in [1.807, 2.05) is 49.3 Å². The largest absolute Gasteiger partial charge is 0.379 e. The summed E-state index contributed by atoms with van der Waals surface area (Å²) in [7, 11) is -0.186. The first kappa shape index (κ1) is 25.1. The summed E-state index contributed by atoms with van der Waals surface area (Å²) >= 11 is 0. The molecule has 0 aromatic heterocycles. The van der Waals surface area contributed by atoms with Crippen molar-refractivity contribution in [3.63, 3.8) is 0 Å². The van der Waals surface area contributed by atoms with E-state index in [4.69, 9.17) is 4.74 Å². The third-order valence-corrected chi connectivity index (χ3v) is 6.94. The number of hydrogen-bond acceptors (Lipinski definition) is 8. The van der Waals surface area contributed by atoms with E-state index in [1.54, 1.807) is 0 Å². The molecular weight excluding hydrogens is 446 g/mol. The average molecular weight is 478 g/mol. The number of likely N-dealkylation sites (N-methyl/N-ethyl adjacent to an activating group) is 1. The Hall–Kier alpha value is -2.57. The quantitative estimate of drug-likeness (QED) is 0.372. The lowest BCUT2D eigenvalue weighted by molar-refractivity contribution is -0.384. The van der Waals surface area contributed by atoms with Crippen LogP contribution < -0.4 is 10.0 Å². The summed E-state index contributed by atoms with van der Waals surface area (Å²) in [5.41, 5.74) is 1.10. The maximum atomic E-state index is 12.6. The van der Waals surface area contributed by atoms with Crippen LogP contribution in [0.5, 0.6) is 0 Å². The van der Waals surface area contributed by atoms with Crippen molar-refractivity contribution in [2.24, 2.45) is 0 Å². The Balaban J connectivity index is 1.79. The molecule has 2 N–H and O–H groups in total. The van der Waals surface area contributed by atoms with Crippen LogP contribution in [-0.2, 0) is 14.8 Å². The number of rotatable bonds is 11. The normalized spacial score (nSPS) is 16.0. The number of hydrogen-bond donors (Lipinski definition) is 2. The van der Waals surface area contributed by atoms with Crippen LogP contribution in [0, 0.1) is 10.1 Å². The second kappa shape index (κ2) is 11.5. The number of anilines is 1. The van der Waals surface area contributed by atoms with Crippen molar-refractivity contribution in [2.75, 3.05) is 65.3 Å². The molecule has 1 fully saturated rings. The Morgan fingerprint density at radius 1 is 1.15 bits per heavy atom. The zero-order chi connectivity index (χ0) is 23.8. The van der Waals surface area contributed by atoms with Crippen LogP contribution in [0.2, 0.25) is 0 Å². The molecular formula is C22H31N5O5S. The van der Waals surface area contributed by atoms with Gasteiger partial charge in [0.25, 0.3) is 5.69 Å². The van der Waals surface area contributed by atoms with E-state index in [-0.39, 0.29) is 28.9 Å². The maximum absolute atomic E-state index is 12.6. The predicted molar refractivity (Wildman–Crippen MR) is 127 cm³/mol. The lowest BCUT2D eigenvalue weighted by Gasteiger charge is -2.35. The van der Waals surface area contributed by atoms with Gasteiger partial charge in [0.1, 0.15) is 5.69 Å². The lowest BCUT2D eigenvalue weighted by Crippen LogP contribution is -2.41. The van der Waals surface area contributed by atoms with Crippen LogP contribution in [0.25, 0.3) is 0 Å². The number of nitro benzene ring substituents is 1. The molecule has 1 aliphatic heterocycles. The third kappa shape index (κ3) is 6.95. The molecule has 10 nitrogen and oxygen atoms in total. The van der Waals surface area contributed by atoms with Gasteiger partial charge in [0.15, 0.2) is 0 Å². The lowest BCUT2D eigenvalue weighted by atomic mass is 10.0. The third-order valence-electron chi connectivity index (χ3n) is 5.48. The zero-order valence-corrected chi connectivity index (χ0v) is 19.8. The molecule has 0 aliphatic carbocycles. The molecule has 1 aliphatic rings. The Kier molecular flexibility index (Phi) is 8.75. The second-order valence-electron chi connectivity index (χ2n) is 8.09. The highest BCUT2D eigenvalue weighted by molar-refractivity contribution is 7.89. The van der Waals surface area contributed by atoms with Gasteiger partial charge in [-0.25, -0.2) is 13.1 Å². The van der Waals surface area contributed by atoms with Crippen LogP contribution in [0.4, 0.5) is 11.4 Å². The topological polar surface area (TPSA) is 117 Å². The summed E-state index contributed by atoms with van der Waals surface area (Å²) in [5.74, 6) is 0. The summed E-state index contributed by atoms with van der Waals surface area (Å²) in [5, 5.41) is 14.9. The minimum atomic E-state index is -3.85. The van der Waals surface area contributed by atoms with E-state index in [0.717, 1.165) is 24.7 Å². The van der Waals surface area contributed by atoms with Gasteiger partial charge in [-0.2, -0.15) is 0 Å². The highest BCUT2D eigenvalue weighted by Gasteiger charge is 2.25. The predicted octanol–water partition coefficient (Wildman–Crippen LogP) is 1.92. The second-order valence-corrected chi connectivity index (χ2v) is 9.86. The van der Waals surface area contributed by atoms with E-state index in [0.29, 0.717) is 26.3 Å². The Bertz CT molecular complexity index is 1030. The van der Waals surface area contributed by atoms with Gasteiger partial charge in [-0.3, -0.25) is 15.0 Å². The van der Waals surface area contributed by atoms with Gasteiger partial charge in [-0.1, -0.05) is 30.3 Å². The van der Waals surface area contributed by atoms with E-state index in [1.165, 1.54) is 12.1 Å². The molecule has 0 radical (unpaired) electrons. The van der Waals surface area contributed by atoms with Gasteiger partial charge in [0.2, 0.25) is 10.0 Å². The number of nitro groups is 1. The molecule has 1 saturated heterocycles. The summed E-state index contributed by atoms with van der Waals surface area (Å²) < 4.78 is 33.1.